The first-order chi connectivity index (χ1) is 11.9. The van der Waals surface area contributed by atoms with E-state index in [2.05, 4.69) is 0 Å². The van der Waals surface area contributed by atoms with Gasteiger partial charge >= 0.3 is 5.97 Å². The molecule has 0 amide bonds. The zero-order valence-corrected chi connectivity index (χ0v) is 14.8. The fourth-order valence-corrected chi connectivity index (χ4v) is 3.10. The lowest BCUT2D eigenvalue weighted by Gasteiger charge is -2.07. The highest BCUT2D eigenvalue weighted by Gasteiger charge is 2.11. The molecule has 2 aromatic rings. The molecule has 0 spiro atoms. The molecule has 0 bridgehead atoms. The molecular formula is C16H17NO6S2. The highest BCUT2D eigenvalue weighted by atomic mass is 32.2. The Hall–Kier alpha value is -2.23. The quantitative estimate of drug-likeness (QED) is 0.402. The largest absolute Gasteiger partial charge is 0.490 e. The van der Waals surface area contributed by atoms with Crippen LogP contribution in [0.3, 0.4) is 0 Å². The van der Waals surface area contributed by atoms with Gasteiger partial charge in [0.25, 0.3) is 0 Å². The number of hydrogen-bond donors (Lipinski definition) is 1. The Labute approximate surface area is 149 Å². The first-order valence-corrected chi connectivity index (χ1v) is 9.77. The van der Waals surface area contributed by atoms with Crippen molar-refractivity contribution in [3.8, 4) is 5.75 Å². The summed E-state index contributed by atoms with van der Waals surface area (Å²) in [6.45, 7) is 0.141. The van der Waals surface area contributed by atoms with Gasteiger partial charge in [0.1, 0.15) is 19.0 Å². The monoisotopic (exact) mass is 383 g/mol. The van der Waals surface area contributed by atoms with Gasteiger partial charge in [-0.15, -0.1) is 11.3 Å². The molecule has 0 radical (unpaired) electrons. The van der Waals surface area contributed by atoms with Gasteiger partial charge in [-0.2, -0.15) is 0 Å². The number of benzene rings is 1. The molecule has 0 saturated heterocycles. The number of thiophene rings is 1. The summed E-state index contributed by atoms with van der Waals surface area (Å²) in [6, 6.07) is 9.07. The third-order valence-corrected chi connectivity index (χ3v) is 4.96. The molecule has 9 heteroatoms. The van der Waals surface area contributed by atoms with Gasteiger partial charge in [-0.3, -0.25) is 9.59 Å². The van der Waals surface area contributed by atoms with Crippen molar-refractivity contribution in [2.45, 2.75) is 17.7 Å². The van der Waals surface area contributed by atoms with Crippen LogP contribution >= 0.6 is 11.3 Å². The van der Waals surface area contributed by atoms with Crippen molar-refractivity contribution in [3.63, 3.8) is 0 Å². The molecule has 0 aliphatic rings. The van der Waals surface area contributed by atoms with E-state index in [0.717, 1.165) is 0 Å². The molecule has 0 saturated carbocycles. The SMILES string of the molecule is NS(=O)(=O)c1ccc(OCCOC(=O)CCC(=O)c2cccs2)cc1. The molecule has 0 aliphatic carbocycles. The Balaban J connectivity index is 1.65. The lowest BCUT2D eigenvalue weighted by molar-refractivity contribution is -0.144. The molecule has 25 heavy (non-hydrogen) atoms. The van der Waals surface area contributed by atoms with E-state index in [1.54, 1.807) is 17.5 Å². The number of sulfonamides is 1. The van der Waals surface area contributed by atoms with E-state index in [1.807, 2.05) is 0 Å². The van der Waals surface area contributed by atoms with E-state index in [9.17, 15) is 18.0 Å². The lowest BCUT2D eigenvalue weighted by atomic mass is 10.2. The second-order valence-electron chi connectivity index (χ2n) is 4.99. The van der Waals surface area contributed by atoms with Crippen molar-refractivity contribution in [1.82, 2.24) is 0 Å². The van der Waals surface area contributed by atoms with Crippen LogP contribution in [0.4, 0.5) is 0 Å². The standard InChI is InChI=1S/C16H17NO6S2/c17-25(20,21)13-5-3-12(4-6-13)22-9-10-23-16(19)8-7-14(18)15-2-1-11-24-15/h1-6,11H,7-10H2,(H2,17,20,21). The van der Waals surface area contributed by atoms with Gasteiger partial charge in [-0.25, -0.2) is 13.6 Å². The number of primary sulfonamides is 1. The van der Waals surface area contributed by atoms with Gasteiger partial charge < -0.3 is 9.47 Å². The van der Waals surface area contributed by atoms with E-state index in [-0.39, 0.29) is 36.7 Å². The summed E-state index contributed by atoms with van der Waals surface area (Å²) in [6.07, 6.45) is 0.120. The van der Waals surface area contributed by atoms with Crippen molar-refractivity contribution in [2.24, 2.45) is 5.14 Å². The third kappa shape index (κ3) is 6.29. The fraction of sp³-hybridized carbons (Fsp3) is 0.250. The van der Waals surface area contributed by atoms with Crippen LogP contribution in [-0.4, -0.2) is 33.4 Å². The second-order valence-corrected chi connectivity index (χ2v) is 7.49. The minimum Gasteiger partial charge on any atom is -0.490 e. The van der Waals surface area contributed by atoms with Crippen LogP contribution in [0.15, 0.2) is 46.7 Å². The predicted octanol–water partition coefficient (Wildman–Crippen LogP) is 1.98. The maximum atomic E-state index is 11.7. The van der Waals surface area contributed by atoms with E-state index in [4.69, 9.17) is 14.6 Å². The summed E-state index contributed by atoms with van der Waals surface area (Å²) >= 11 is 1.34. The highest BCUT2D eigenvalue weighted by molar-refractivity contribution is 7.89. The molecular weight excluding hydrogens is 366 g/mol. The van der Waals surface area contributed by atoms with Crippen molar-refractivity contribution in [1.29, 1.82) is 0 Å². The minimum absolute atomic E-state index is 0.0123. The Morgan fingerprint density at radius 1 is 1.04 bits per heavy atom. The molecule has 7 nitrogen and oxygen atoms in total. The van der Waals surface area contributed by atoms with Crippen LogP contribution in [-0.2, 0) is 19.6 Å². The first-order valence-electron chi connectivity index (χ1n) is 7.34. The zero-order valence-electron chi connectivity index (χ0n) is 13.2. The summed E-state index contributed by atoms with van der Waals surface area (Å²) < 4.78 is 32.6. The van der Waals surface area contributed by atoms with Crippen LogP contribution in [0.5, 0.6) is 5.75 Å². The number of carbonyl (C=O) groups is 2. The Kier molecular flexibility index (Phi) is 6.68. The Morgan fingerprint density at radius 3 is 2.36 bits per heavy atom. The van der Waals surface area contributed by atoms with Crippen LogP contribution in [0.1, 0.15) is 22.5 Å². The normalized spacial score (nSPS) is 11.1. The van der Waals surface area contributed by atoms with Crippen LogP contribution in [0, 0.1) is 0 Å². The van der Waals surface area contributed by atoms with E-state index < -0.39 is 16.0 Å². The number of carbonyl (C=O) groups excluding carboxylic acids is 2. The Morgan fingerprint density at radius 2 is 1.76 bits per heavy atom. The average molecular weight is 383 g/mol. The number of ketones is 1. The number of ether oxygens (including phenoxy) is 2. The van der Waals surface area contributed by atoms with Crippen molar-refractivity contribution < 1.29 is 27.5 Å². The van der Waals surface area contributed by atoms with E-state index >= 15 is 0 Å². The fourth-order valence-electron chi connectivity index (χ4n) is 1.89. The van der Waals surface area contributed by atoms with Crippen LogP contribution in [0.25, 0.3) is 0 Å². The second kappa shape index (κ2) is 8.75. The van der Waals surface area contributed by atoms with Crippen molar-refractivity contribution in [2.75, 3.05) is 13.2 Å². The minimum atomic E-state index is -3.74. The number of hydrogen-bond acceptors (Lipinski definition) is 7. The predicted molar refractivity (Wildman–Crippen MR) is 92.2 cm³/mol. The van der Waals surface area contributed by atoms with Gasteiger partial charge in [0.15, 0.2) is 5.78 Å². The smallest absolute Gasteiger partial charge is 0.306 e. The molecule has 1 aromatic carbocycles. The number of nitrogens with two attached hydrogens (primary N) is 1. The lowest BCUT2D eigenvalue weighted by Crippen LogP contribution is -2.14. The van der Waals surface area contributed by atoms with Crippen molar-refractivity contribution >= 4 is 33.1 Å². The van der Waals surface area contributed by atoms with Gasteiger partial charge in [-0.05, 0) is 35.7 Å². The maximum absolute atomic E-state index is 11.7. The van der Waals surface area contributed by atoms with Gasteiger partial charge in [0.2, 0.25) is 10.0 Å². The Bertz CT molecular complexity index is 813. The van der Waals surface area contributed by atoms with Crippen LogP contribution in [0.2, 0.25) is 0 Å². The number of rotatable bonds is 9. The van der Waals surface area contributed by atoms with Crippen molar-refractivity contribution in [3.05, 3.63) is 46.7 Å². The molecule has 0 atom stereocenters. The topological polar surface area (TPSA) is 113 Å². The molecule has 0 unspecified atom stereocenters. The van der Waals surface area contributed by atoms with Gasteiger partial charge in [0, 0.05) is 6.42 Å². The zero-order chi connectivity index (χ0) is 18.3. The molecule has 1 heterocycles. The summed E-state index contributed by atoms with van der Waals surface area (Å²) in [7, 11) is -3.74. The third-order valence-electron chi connectivity index (χ3n) is 3.12. The summed E-state index contributed by atoms with van der Waals surface area (Å²) in [5.74, 6) is -0.132. The first kappa shape index (κ1) is 19.1. The summed E-state index contributed by atoms with van der Waals surface area (Å²) in [5, 5.41) is 6.80. The molecule has 0 aliphatic heterocycles. The van der Waals surface area contributed by atoms with E-state index in [0.29, 0.717) is 10.6 Å². The van der Waals surface area contributed by atoms with Gasteiger partial charge in [0.05, 0.1) is 16.2 Å². The van der Waals surface area contributed by atoms with Gasteiger partial charge in [-0.1, -0.05) is 6.07 Å². The summed E-state index contributed by atoms with van der Waals surface area (Å²) in [4.78, 5) is 23.9. The molecule has 1 aromatic heterocycles. The average Bonchev–Trinajstić information content (AvgIpc) is 3.11. The molecule has 2 rings (SSSR count). The molecule has 2 N–H and O–H groups in total. The summed E-state index contributed by atoms with van der Waals surface area (Å²) in [5.41, 5.74) is 0. The molecule has 134 valence electrons. The maximum Gasteiger partial charge on any atom is 0.306 e. The molecule has 0 fully saturated rings. The van der Waals surface area contributed by atoms with E-state index in [1.165, 1.54) is 35.6 Å². The highest BCUT2D eigenvalue weighted by Crippen LogP contribution is 2.15. The number of esters is 1. The number of Topliss-reactive ketones (excluding diaryl/α,β-unsaturated/α-hetero) is 1. The van der Waals surface area contributed by atoms with Crippen LogP contribution < -0.4 is 9.88 Å².